The van der Waals surface area contributed by atoms with E-state index in [1.54, 1.807) is 25.3 Å². The summed E-state index contributed by atoms with van der Waals surface area (Å²) in [6, 6.07) is 10.8. The second-order valence-electron chi connectivity index (χ2n) is 5.99. The van der Waals surface area contributed by atoms with E-state index < -0.39 is 0 Å². The number of nitrogens with one attached hydrogen (secondary N) is 1. The summed E-state index contributed by atoms with van der Waals surface area (Å²) in [5.74, 6) is 2.17. The van der Waals surface area contributed by atoms with Crippen molar-refractivity contribution in [3.8, 4) is 23.0 Å². The molecule has 1 fully saturated rings. The van der Waals surface area contributed by atoms with Gasteiger partial charge in [0.25, 0.3) is 5.91 Å². The van der Waals surface area contributed by atoms with Crippen molar-refractivity contribution in [1.29, 1.82) is 0 Å². The van der Waals surface area contributed by atoms with E-state index >= 15 is 0 Å². The van der Waals surface area contributed by atoms with Gasteiger partial charge in [-0.25, -0.2) is 0 Å². The number of carbonyl (C=O) groups excluding carboxylic acids is 1. The molecular weight excluding hydrogens is 446 g/mol. The zero-order valence-electron chi connectivity index (χ0n) is 16.4. The number of methoxy groups -OCH3 is 1. The zero-order valence-corrected chi connectivity index (χ0v) is 18.8. The molecule has 1 heterocycles. The zero-order chi connectivity index (χ0) is 21.5. The Labute approximate surface area is 189 Å². The molecule has 0 saturated carbocycles. The molecule has 2 aromatic carbocycles. The second kappa shape index (κ2) is 10.6. The number of benzene rings is 2. The Kier molecular flexibility index (Phi) is 7.84. The number of hydrogen-bond acceptors (Lipinski definition) is 7. The number of carbonyl (C=O) groups is 1. The third-order valence-electron chi connectivity index (χ3n) is 3.93. The highest BCUT2D eigenvalue weighted by Gasteiger charge is 2.22. The highest BCUT2D eigenvalue weighted by atomic mass is 35.5. The Morgan fingerprint density at radius 2 is 1.80 bits per heavy atom. The molecule has 1 N–H and O–H groups in total. The fraction of sp³-hybridized carbons (Fsp3) is 0.238. The van der Waals surface area contributed by atoms with E-state index in [4.69, 9.17) is 42.8 Å². The Bertz CT molecular complexity index is 963. The monoisotopic (exact) mass is 465 g/mol. The fourth-order valence-corrected chi connectivity index (χ4v) is 3.94. The summed E-state index contributed by atoms with van der Waals surface area (Å²) in [5, 5.41) is 2.96. The molecule has 6 nitrogen and oxygen atoms in total. The van der Waals surface area contributed by atoms with Crippen LogP contribution in [-0.2, 0) is 4.79 Å². The van der Waals surface area contributed by atoms with Crippen molar-refractivity contribution in [1.82, 2.24) is 5.32 Å². The maximum Gasteiger partial charge on any atom is 0.263 e. The Morgan fingerprint density at radius 3 is 2.43 bits per heavy atom. The van der Waals surface area contributed by atoms with E-state index in [-0.39, 0.29) is 12.5 Å². The third kappa shape index (κ3) is 5.81. The van der Waals surface area contributed by atoms with Crippen molar-refractivity contribution < 1.29 is 23.7 Å². The summed E-state index contributed by atoms with van der Waals surface area (Å²) in [5.41, 5.74) is 0.715. The minimum Gasteiger partial charge on any atom is -0.497 e. The van der Waals surface area contributed by atoms with Crippen LogP contribution in [0.3, 0.4) is 0 Å². The van der Waals surface area contributed by atoms with E-state index in [1.807, 2.05) is 31.2 Å². The van der Waals surface area contributed by atoms with Crippen LogP contribution in [0.1, 0.15) is 12.5 Å². The normalized spacial score (nSPS) is 14.6. The van der Waals surface area contributed by atoms with Crippen LogP contribution in [0.5, 0.6) is 23.0 Å². The standard InChI is InChI=1S/C21H20ClNO5S2/c1-3-26-17-11-13(12-18-20(24)23-21(29)30-18)10-16(22)19(17)28-9-8-27-15-6-4-14(25-2)5-7-15/h4-7,10-12H,3,8-9H2,1-2H3,(H,23,24,29)/b18-12-. The van der Waals surface area contributed by atoms with E-state index in [9.17, 15) is 4.79 Å². The summed E-state index contributed by atoms with van der Waals surface area (Å²) >= 11 is 12.6. The lowest BCUT2D eigenvalue weighted by Crippen LogP contribution is -2.17. The number of amides is 1. The number of thioether (sulfide) groups is 1. The summed E-state index contributed by atoms with van der Waals surface area (Å²) < 4.78 is 22.7. The molecule has 0 radical (unpaired) electrons. The highest BCUT2D eigenvalue weighted by molar-refractivity contribution is 8.26. The average Bonchev–Trinajstić information content (AvgIpc) is 3.04. The molecule has 1 aliphatic heterocycles. The molecule has 0 aromatic heterocycles. The molecule has 1 aliphatic rings. The molecule has 9 heteroatoms. The Hall–Kier alpha value is -2.42. The molecule has 0 spiro atoms. The first-order valence-corrected chi connectivity index (χ1v) is 10.7. The first kappa shape index (κ1) is 22.3. The molecule has 0 aliphatic carbocycles. The van der Waals surface area contributed by atoms with Crippen molar-refractivity contribution >= 4 is 51.9 Å². The van der Waals surface area contributed by atoms with Crippen molar-refractivity contribution in [2.45, 2.75) is 6.92 Å². The molecule has 1 saturated heterocycles. The van der Waals surface area contributed by atoms with Crippen LogP contribution in [0.25, 0.3) is 6.08 Å². The topological polar surface area (TPSA) is 66.0 Å². The molecule has 30 heavy (non-hydrogen) atoms. The van der Waals surface area contributed by atoms with Crippen LogP contribution in [0.4, 0.5) is 0 Å². The molecule has 158 valence electrons. The number of hydrogen-bond donors (Lipinski definition) is 1. The Balaban J connectivity index is 1.67. The van der Waals surface area contributed by atoms with Gasteiger partial charge in [0.05, 0.1) is 23.6 Å². The lowest BCUT2D eigenvalue weighted by molar-refractivity contribution is -0.115. The van der Waals surface area contributed by atoms with Crippen LogP contribution < -0.4 is 24.3 Å². The molecule has 3 rings (SSSR count). The molecular formula is C21H20ClNO5S2. The summed E-state index contributed by atoms with van der Waals surface area (Å²) in [4.78, 5) is 12.4. The van der Waals surface area contributed by atoms with E-state index in [0.29, 0.717) is 50.3 Å². The predicted octanol–water partition coefficient (Wildman–Crippen LogP) is 4.69. The van der Waals surface area contributed by atoms with Gasteiger partial charge in [0.1, 0.15) is 29.0 Å². The maximum absolute atomic E-state index is 11.9. The van der Waals surface area contributed by atoms with Crippen molar-refractivity contribution in [2.75, 3.05) is 26.9 Å². The van der Waals surface area contributed by atoms with Gasteiger partial charge < -0.3 is 24.3 Å². The summed E-state index contributed by atoms with van der Waals surface area (Å²) in [6.45, 7) is 2.91. The van der Waals surface area contributed by atoms with Gasteiger partial charge in [-0.1, -0.05) is 35.6 Å². The van der Waals surface area contributed by atoms with E-state index in [2.05, 4.69) is 5.32 Å². The number of halogens is 1. The van der Waals surface area contributed by atoms with Crippen molar-refractivity contribution in [3.63, 3.8) is 0 Å². The summed E-state index contributed by atoms with van der Waals surface area (Å²) in [7, 11) is 1.61. The first-order valence-electron chi connectivity index (χ1n) is 9.11. The SMILES string of the molecule is CCOc1cc(/C=C2\SC(=S)NC2=O)cc(Cl)c1OCCOc1ccc(OC)cc1. The first-order chi connectivity index (χ1) is 14.5. The Morgan fingerprint density at radius 1 is 1.10 bits per heavy atom. The van der Waals surface area contributed by atoms with Crippen LogP contribution >= 0.6 is 35.6 Å². The molecule has 0 atom stereocenters. The van der Waals surface area contributed by atoms with Gasteiger partial charge in [0.2, 0.25) is 0 Å². The van der Waals surface area contributed by atoms with Gasteiger partial charge in [-0.2, -0.15) is 0 Å². The maximum atomic E-state index is 11.9. The number of ether oxygens (including phenoxy) is 4. The summed E-state index contributed by atoms with van der Waals surface area (Å²) in [6.07, 6.45) is 1.71. The van der Waals surface area contributed by atoms with E-state index in [1.165, 1.54) is 11.8 Å². The predicted molar refractivity (Wildman–Crippen MR) is 123 cm³/mol. The average molecular weight is 466 g/mol. The number of thiocarbonyl (C=S) groups is 1. The van der Waals surface area contributed by atoms with Gasteiger partial charge >= 0.3 is 0 Å². The van der Waals surface area contributed by atoms with Gasteiger partial charge in [0, 0.05) is 0 Å². The van der Waals surface area contributed by atoms with Crippen LogP contribution in [0.15, 0.2) is 41.3 Å². The van der Waals surface area contributed by atoms with Crippen LogP contribution in [0, 0.1) is 0 Å². The van der Waals surface area contributed by atoms with Crippen molar-refractivity contribution in [3.05, 3.63) is 51.9 Å². The van der Waals surface area contributed by atoms with Gasteiger partial charge in [0.15, 0.2) is 11.5 Å². The smallest absolute Gasteiger partial charge is 0.263 e. The lowest BCUT2D eigenvalue weighted by Gasteiger charge is -2.15. The molecule has 0 unspecified atom stereocenters. The van der Waals surface area contributed by atoms with Gasteiger partial charge in [-0.05, 0) is 55.0 Å². The number of rotatable bonds is 9. The van der Waals surface area contributed by atoms with Crippen molar-refractivity contribution in [2.24, 2.45) is 0 Å². The quantitative estimate of drug-likeness (QED) is 0.327. The van der Waals surface area contributed by atoms with Gasteiger partial charge in [-0.15, -0.1) is 0 Å². The highest BCUT2D eigenvalue weighted by Crippen LogP contribution is 2.38. The fourth-order valence-electron chi connectivity index (χ4n) is 2.62. The second-order valence-corrected chi connectivity index (χ2v) is 8.11. The molecule has 1 amide bonds. The third-order valence-corrected chi connectivity index (χ3v) is 5.37. The lowest BCUT2D eigenvalue weighted by atomic mass is 10.2. The van der Waals surface area contributed by atoms with Crippen LogP contribution in [-0.4, -0.2) is 37.2 Å². The molecule has 2 aromatic rings. The van der Waals surface area contributed by atoms with Gasteiger partial charge in [-0.3, -0.25) is 4.79 Å². The van der Waals surface area contributed by atoms with E-state index in [0.717, 1.165) is 5.75 Å². The molecule has 0 bridgehead atoms. The minimum atomic E-state index is -0.227. The minimum absolute atomic E-state index is 0.227. The largest absolute Gasteiger partial charge is 0.497 e. The van der Waals surface area contributed by atoms with Crippen LogP contribution in [0.2, 0.25) is 5.02 Å².